The average molecular weight is 178 g/mol. The molecule has 0 aromatic carbocycles. The van der Waals surface area contributed by atoms with E-state index in [1.54, 1.807) is 6.20 Å². The van der Waals surface area contributed by atoms with Crippen LogP contribution in [0, 0.1) is 0 Å². The van der Waals surface area contributed by atoms with Crippen LogP contribution in [0.4, 0.5) is 5.82 Å². The first-order chi connectivity index (χ1) is 6.33. The Morgan fingerprint density at radius 3 is 3.23 bits per heavy atom. The maximum absolute atomic E-state index is 4.05. The van der Waals surface area contributed by atoms with E-state index < -0.39 is 0 Å². The molecule has 0 unspecified atom stereocenters. The highest BCUT2D eigenvalue weighted by Crippen LogP contribution is 2.24. The highest BCUT2D eigenvalue weighted by Gasteiger charge is 2.15. The van der Waals surface area contributed by atoms with Crippen LogP contribution in [0.2, 0.25) is 0 Å². The molecule has 13 heavy (non-hydrogen) atoms. The molecular weight excluding hydrogens is 164 g/mol. The molecule has 0 atom stereocenters. The molecule has 0 saturated heterocycles. The third-order valence-corrected chi connectivity index (χ3v) is 2.32. The fourth-order valence-corrected chi connectivity index (χ4v) is 1.62. The highest BCUT2D eigenvalue weighted by atomic mass is 15.5. The maximum Gasteiger partial charge on any atom is 0.150 e. The van der Waals surface area contributed by atoms with Crippen LogP contribution in [0.3, 0.4) is 0 Å². The fraction of sp³-hybridized carbons (Fsp3) is 0.556. The minimum absolute atomic E-state index is 0.919. The predicted molar refractivity (Wildman–Crippen MR) is 52.3 cm³/mol. The summed E-state index contributed by atoms with van der Waals surface area (Å²) in [4.78, 5) is 0. The van der Waals surface area contributed by atoms with E-state index in [1.165, 1.54) is 11.3 Å². The van der Waals surface area contributed by atoms with Gasteiger partial charge in [-0.3, -0.25) is 0 Å². The van der Waals surface area contributed by atoms with E-state index in [4.69, 9.17) is 0 Å². The molecular formula is C9H14N4. The zero-order valence-corrected chi connectivity index (χ0v) is 8.04. The molecule has 70 valence electrons. The van der Waals surface area contributed by atoms with Crippen LogP contribution in [0.25, 0.3) is 5.70 Å². The Balaban J connectivity index is 2.40. The quantitative estimate of drug-likeness (QED) is 0.750. The van der Waals surface area contributed by atoms with Crippen molar-refractivity contribution in [3.63, 3.8) is 0 Å². The largest absolute Gasteiger partial charge is 0.365 e. The zero-order chi connectivity index (χ0) is 9.26. The monoisotopic (exact) mass is 178 g/mol. The van der Waals surface area contributed by atoms with Gasteiger partial charge in [-0.1, -0.05) is 18.6 Å². The van der Waals surface area contributed by atoms with Crippen LogP contribution in [0.1, 0.15) is 26.7 Å². The van der Waals surface area contributed by atoms with Crippen LogP contribution in [-0.2, 0) is 0 Å². The number of nitrogens with one attached hydrogen (secondary N) is 1. The van der Waals surface area contributed by atoms with E-state index in [9.17, 15) is 0 Å². The Morgan fingerprint density at radius 2 is 2.46 bits per heavy atom. The van der Waals surface area contributed by atoms with Crippen molar-refractivity contribution in [3.8, 4) is 0 Å². The van der Waals surface area contributed by atoms with Crippen molar-refractivity contribution in [2.45, 2.75) is 26.7 Å². The minimum atomic E-state index is 0.919. The molecule has 1 aromatic rings. The van der Waals surface area contributed by atoms with Gasteiger partial charge in [-0.25, -0.2) is 4.68 Å². The molecule has 4 nitrogen and oxygen atoms in total. The number of hydrogen-bond acceptors (Lipinski definition) is 3. The molecule has 0 radical (unpaired) electrons. The normalized spacial score (nSPS) is 15.5. The molecule has 1 N–H and O–H groups in total. The summed E-state index contributed by atoms with van der Waals surface area (Å²) in [6.45, 7) is 5.24. The van der Waals surface area contributed by atoms with Crippen molar-refractivity contribution in [1.82, 2.24) is 15.0 Å². The fourth-order valence-electron chi connectivity index (χ4n) is 1.62. The first-order valence-corrected chi connectivity index (χ1v) is 4.66. The van der Waals surface area contributed by atoms with Crippen molar-refractivity contribution in [1.29, 1.82) is 0 Å². The second-order valence-electron chi connectivity index (χ2n) is 3.36. The lowest BCUT2D eigenvalue weighted by Crippen LogP contribution is -2.17. The highest BCUT2D eigenvalue weighted by molar-refractivity contribution is 5.60. The van der Waals surface area contributed by atoms with Gasteiger partial charge in [0.05, 0.1) is 6.20 Å². The second-order valence-corrected chi connectivity index (χ2v) is 3.36. The number of aromatic nitrogens is 3. The van der Waals surface area contributed by atoms with Gasteiger partial charge in [0.2, 0.25) is 0 Å². The predicted octanol–water partition coefficient (Wildman–Crippen LogP) is 1.73. The average Bonchev–Trinajstić information content (AvgIpc) is 2.58. The summed E-state index contributed by atoms with van der Waals surface area (Å²) in [5.74, 6) is 1.01. The SMILES string of the molecule is CCCC1=C(C)CNc2cnnn21. The van der Waals surface area contributed by atoms with Gasteiger partial charge < -0.3 is 5.32 Å². The number of anilines is 1. The second kappa shape index (κ2) is 3.20. The van der Waals surface area contributed by atoms with Gasteiger partial charge in [-0.15, -0.1) is 5.10 Å². The standard InChI is InChI=1S/C9H14N4/c1-3-4-8-7(2)5-10-9-6-11-12-13(8)9/h6,10H,3-5H2,1-2H3. The Labute approximate surface area is 77.6 Å². The summed E-state index contributed by atoms with van der Waals surface area (Å²) in [5.41, 5.74) is 2.66. The minimum Gasteiger partial charge on any atom is -0.365 e. The summed E-state index contributed by atoms with van der Waals surface area (Å²) < 4.78 is 1.91. The van der Waals surface area contributed by atoms with Gasteiger partial charge in [-0.2, -0.15) is 0 Å². The zero-order valence-electron chi connectivity index (χ0n) is 8.04. The van der Waals surface area contributed by atoms with E-state index in [-0.39, 0.29) is 0 Å². The molecule has 4 heteroatoms. The molecule has 0 aliphatic carbocycles. The first kappa shape index (κ1) is 8.29. The van der Waals surface area contributed by atoms with Gasteiger partial charge in [-0.05, 0) is 18.9 Å². The number of rotatable bonds is 2. The van der Waals surface area contributed by atoms with Crippen LogP contribution < -0.4 is 5.32 Å². The lowest BCUT2D eigenvalue weighted by Gasteiger charge is -2.20. The molecule has 0 bridgehead atoms. The number of fused-ring (bicyclic) bond motifs is 1. The van der Waals surface area contributed by atoms with E-state index in [0.29, 0.717) is 0 Å². The molecule has 0 saturated carbocycles. The molecule has 0 fully saturated rings. The number of allylic oxidation sites excluding steroid dienone is 1. The summed E-state index contributed by atoms with van der Waals surface area (Å²) in [7, 11) is 0. The van der Waals surface area contributed by atoms with E-state index in [2.05, 4.69) is 29.5 Å². The number of nitrogens with zero attached hydrogens (tertiary/aromatic N) is 3. The molecule has 1 aliphatic rings. The van der Waals surface area contributed by atoms with Crippen molar-refractivity contribution in [3.05, 3.63) is 11.8 Å². The lowest BCUT2D eigenvalue weighted by atomic mass is 10.1. The van der Waals surface area contributed by atoms with Gasteiger partial charge in [0.15, 0.2) is 0 Å². The van der Waals surface area contributed by atoms with Crippen LogP contribution in [-0.4, -0.2) is 21.5 Å². The van der Waals surface area contributed by atoms with E-state index in [0.717, 1.165) is 25.2 Å². The van der Waals surface area contributed by atoms with Gasteiger partial charge >= 0.3 is 0 Å². The van der Waals surface area contributed by atoms with Crippen LogP contribution >= 0.6 is 0 Å². The Kier molecular flexibility index (Phi) is 2.04. The summed E-state index contributed by atoms with van der Waals surface area (Å²) in [5, 5.41) is 11.2. The van der Waals surface area contributed by atoms with Gasteiger partial charge in [0.1, 0.15) is 5.82 Å². The molecule has 1 aliphatic heterocycles. The number of hydrogen-bond donors (Lipinski definition) is 1. The topological polar surface area (TPSA) is 42.7 Å². The van der Waals surface area contributed by atoms with Crippen molar-refractivity contribution in [2.75, 3.05) is 11.9 Å². The molecule has 2 heterocycles. The van der Waals surface area contributed by atoms with Gasteiger partial charge in [0.25, 0.3) is 0 Å². The van der Waals surface area contributed by atoms with E-state index in [1.807, 2.05) is 4.68 Å². The smallest absolute Gasteiger partial charge is 0.150 e. The Hall–Kier alpha value is -1.32. The lowest BCUT2D eigenvalue weighted by molar-refractivity contribution is 0.756. The third-order valence-electron chi connectivity index (χ3n) is 2.32. The summed E-state index contributed by atoms with van der Waals surface area (Å²) >= 11 is 0. The molecule has 1 aromatic heterocycles. The van der Waals surface area contributed by atoms with Gasteiger partial charge in [0, 0.05) is 12.2 Å². The van der Waals surface area contributed by atoms with Crippen molar-refractivity contribution >= 4 is 11.5 Å². The maximum atomic E-state index is 4.05. The third kappa shape index (κ3) is 1.32. The van der Waals surface area contributed by atoms with E-state index >= 15 is 0 Å². The Bertz CT molecular complexity index is 337. The molecule has 0 amide bonds. The van der Waals surface area contributed by atoms with Crippen LogP contribution in [0.5, 0.6) is 0 Å². The molecule has 0 spiro atoms. The van der Waals surface area contributed by atoms with Crippen molar-refractivity contribution in [2.24, 2.45) is 0 Å². The summed E-state index contributed by atoms with van der Waals surface area (Å²) in [6.07, 6.45) is 3.98. The van der Waals surface area contributed by atoms with Crippen LogP contribution in [0.15, 0.2) is 11.8 Å². The first-order valence-electron chi connectivity index (χ1n) is 4.66. The summed E-state index contributed by atoms with van der Waals surface area (Å²) in [6, 6.07) is 0. The van der Waals surface area contributed by atoms with Crippen molar-refractivity contribution < 1.29 is 0 Å². The molecule has 2 rings (SSSR count). The Morgan fingerprint density at radius 1 is 1.62 bits per heavy atom.